The first-order chi connectivity index (χ1) is 17.2. The highest BCUT2D eigenvalue weighted by molar-refractivity contribution is 7.90. The lowest BCUT2D eigenvalue weighted by Crippen LogP contribution is -2.46. The van der Waals surface area contributed by atoms with Gasteiger partial charge in [0.2, 0.25) is 21.9 Å². The molecule has 1 amide bonds. The van der Waals surface area contributed by atoms with E-state index in [1.54, 1.807) is 13.0 Å². The van der Waals surface area contributed by atoms with Gasteiger partial charge in [-0.2, -0.15) is 0 Å². The average Bonchev–Trinajstić information content (AvgIpc) is 3.66. The van der Waals surface area contributed by atoms with Crippen molar-refractivity contribution >= 4 is 50.2 Å². The lowest BCUT2D eigenvalue weighted by atomic mass is 9.76. The van der Waals surface area contributed by atoms with E-state index in [1.165, 1.54) is 6.42 Å². The first kappa shape index (κ1) is 25.0. The average molecular weight is 530 g/mol. The number of nitrogens with one attached hydrogen (secondary N) is 3. The largest absolute Gasteiger partial charge is 0.347 e. The van der Waals surface area contributed by atoms with Crippen LogP contribution >= 0.6 is 11.6 Å². The minimum absolute atomic E-state index is 0.0191. The van der Waals surface area contributed by atoms with Crippen molar-refractivity contribution in [3.05, 3.63) is 52.5 Å². The van der Waals surface area contributed by atoms with Crippen molar-refractivity contribution in [2.45, 2.75) is 69.2 Å². The zero-order chi connectivity index (χ0) is 25.5. The van der Waals surface area contributed by atoms with Crippen molar-refractivity contribution in [1.82, 2.24) is 19.6 Å². The number of anilines is 2. The van der Waals surface area contributed by atoms with Crippen LogP contribution in [-0.4, -0.2) is 29.1 Å². The Labute approximate surface area is 216 Å². The highest BCUT2D eigenvalue weighted by Crippen LogP contribution is 2.39. The molecule has 2 fully saturated rings. The summed E-state index contributed by atoms with van der Waals surface area (Å²) in [5, 5.41) is 6.80. The Bertz CT molecular complexity index is 1410. The van der Waals surface area contributed by atoms with Crippen LogP contribution in [0.4, 0.5) is 11.6 Å². The van der Waals surface area contributed by atoms with Gasteiger partial charge in [0, 0.05) is 20.5 Å². The van der Waals surface area contributed by atoms with Crippen LogP contribution in [0.15, 0.2) is 36.4 Å². The van der Waals surface area contributed by atoms with E-state index in [1.807, 2.05) is 29.8 Å². The molecule has 0 atom stereocenters. The van der Waals surface area contributed by atoms with E-state index in [4.69, 9.17) is 16.6 Å². The van der Waals surface area contributed by atoms with E-state index in [2.05, 4.69) is 27.5 Å². The van der Waals surface area contributed by atoms with E-state index in [9.17, 15) is 13.2 Å². The summed E-state index contributed by atoms with van der Waals surface area (Å²) < 4.78 is 29.0. The predicted molar refractivity (Wildman–Crippen MR) is 143 cm³/mol. The van der Waals surface area contributed by atoms with Crippen LogP contribution in [0, 0.1) is 0 Å². The molecule has 5 rings (SSSR count). The highest BCUT2D eigenvalue weighted by Gasteiger charge is 2.36. The molecule has 0 bridgehead atoms. The normalized spacial score (nSPS) is 17.8. The fourth-order valence-corrected chi connectivity index (χ4v) is 6.69. The van der Waals surface area contributed by atoms with Crippen molar-refractivity contribution < 1.29 is 13.2 Å². The lowest BCUT2D eigenvalue weighted by molar-refractivity contribution is -0.121. The lowest BCUT2D eigenvalue weighted by Gasteiger charge is -2.38. The Hall–Kier alpha value is -2.62. The van der Waals surface area contributed by atoms with Gasteiger partial charge in [0.15, 0.2) is 0 Å². The van der Waals surface area contributed by atoms with Crippen LogP contribution in [0.2, 0.25) is 5.02 Å². The third-order valence-electron chi connectivity index (χ3n) is 7.27. The van der Waals surface area contributed by atoms with E-state index < -0.39 is 10.0 Å². The molecule has 2 aromatic carbocycles. The number of carbonyl (C=O) groups is 1. The molecule has 0 aliphatic heterocycles. The van der Waals surface area contributed by atoms with Crippen molar-refractivity contribution in [3.63, 3.8) is 0 Å². The topological polar surface area (TPSA) is 105 Å². The molecule has 0 spiro atoms. The Morgan fingerprint density at radius 1 is 1.14 bits per heavy atom. The van der Waals surface area contributed by atoms with Crippen molar-refractivity contribution in [1.29, 1.82) is 0 Å². The predicted octanol–water partition coefficient (Wildman–Crippen LogP) is 4.85. The summed E-state index contributed by atoms with van der Waals surface area (Å²) in [5.41, 5.74) is 3.98. The summed E-state index contributed by atoms with van der Waals surface area (Å²) in [6.07, 6.45) is 6.64. The van der Waals surface area contributed by atoms with Gasteiger partial charge >= 0.3 is 0 Å². The Morgan fingerprint density at radius 3 is 2.58 bits per heavy atom. The van der Waals surface area contributed by atoms with E-state index in [-0.39, 0.29) is 23.2 Å². The van der Waals surface area contributed by atoms with Crippen LogP contribution in [0.1, 0.15) is 63.0 Å². The minimum atomic E-state index is -3.26. The summed E-state index contributed by atoms with van der Waals surface area (Å²) in [6, 6.07) is 11.6. The van der Waals surface area contributed by atoms with Gasteiger partial charge in [-0.25, -0.2) is 18.1 Å². The molecule has 10 heteroatoms. The smallest absolute Gasteiger partial charge is 0.217 e. The SMILES string of the molecule is CC(=O)NC1(c2ccc3c(c2)nc(Nc2cc(CNS(=O)(=O)C4CC4)ccc2Cl)n3C)CCCCC1. The summed E-state index contributed by atoms with van der Waals surface area (Å²) in [6.45, 7) is 1.79. The highest BCUT2D eigenvalue weighted by atomic mass is 35.5. The van der Waals surface area contributed by atoms with Crippen LogP contribution in [0.3, 0.4) is 0 Å². The van der Waals surface area contributed by atoms with Gasteiger partial charge in [0.1, 0.15) is 0 Å². The Morgan fingerprint density at radius 2 is 1.89 bits per heavy atom. The Balaban J connectivity index is 1.41. The monoisotopic (exact) mass is 529 g/mol. The third-order valence-corrected chi connectivity index (χ3v) is 9.50. The first-order valence-corrected chi connectivity index (χ1v) is 14.4. The number of fused-ring (bicyclic) bond motifs is 1. The second kappa shape index (κ2) is 9.68. The van der Waals surface area contributed by atoms with Crippen molar-refractivity contribution in [2.75, 3.05) is 5.32 Å². The number of amides is 1. The molecular formula is C26H32ClN5O3S. The number of hydrogen-bond acceptors (Lipinski definition) is 5. The van der Waals surface area contributed by atoms with Crippen molar-refractivity contribution in [2.24, 2.45) is 7.05 Å². The number of halogens is 1. The van der Waals surface area contributed by atoms with E-state index in [0.29, 0.717) is 16.7 Å². The molecule has 1 heterocycles. The van der Waals surface area contributed by atoms with Crippen LogP contribution in [-0.2, 0) is 33.9 Å². The van der Waals surface area contributed by atoms with Gasteiger partial charge in [-0.3, -0.25) is 4.79 Å². The van der Waals surface area contributed by atoms with E-state index in [0.717, 1.165) is 60.7 Å². The van der Waals surface area contributed by atoms with Crippen molar-refractivity contribution in [3.8, 4) is 0 Å². The van der Waals surface area contributed by atoms with Gasteiger partial charge < -0.3 is 15.2 Å². The second-order valence-electron chi connectivity index (χ2n) is 10.0. The molecule has 0 saturated heterocycles. The molecule has 192 valence electrons. The molecule has 1 aromatic heterocycles. The summed E-state index contributed by atoms with van der Waals surface area (Å²) in [4.78, 5) is 16.9. The summed E-state index contributed by atoms with van der Waals surface area (Å²) in [5.74, 6) is 0.603. The van der Waals surface area contributed by atoms with Crippen LogP contribution in [0.5, 0.6) is 0 Å². The summed E-state index contributed by atoms with van der Waals surface area (Å²) in [7, 11) is -1.33. The summed E-state index contributed by atoms with van der Waals surface area (Å²) >= 11 is 6.46. The standard InChI is InChI=1S/C26H32ClN5O3S/c1-17(33)31-26(12-4-3-5-13-26)19-7-11-24-23(15-19)30-25(32(24)2)29-22-14-18(6-10-21(22)27)16-28-36(34,35)20-8-9-20/h6-7,10-11,14-15,20,28H,3-5,8-9,12-13,16H2,1-2H3,(H,29,30)(H,31,33). The molecular weight excluding hydrogens is 498 g/mol. The fraction of sp³-hybridized carbons (Fsp3) is 0.462. The fourth-order valence-electron chi connectivity index (χ4n) is 5.17. The van der Waals surface area contributed by atoms with E-state index >= 15 is 0 Å². The number of hydrogen-bond donors (Lipinski definition) is 3. The second-order valence-corrected chi connectivity index (χ2v) is 12.5. The van der Waals surface area contributed by atoms with Gasteiger partial charge in [-0.05, 0) is 61.1 Å². The first-order valence-electron chi connectivity index (χ1n) is 12.5. The van der Waals surface area contributed by atoms with Gasteiger partial charge in [0.05, 0.1) is 32.5 Å². The van der Waals surface area contributed by atoms with Crippen LogP contribution in [0.25, 0.3) is 11.0 Å². The number of carbonyl (C=O) groups excluding carboxylic acids is 1. The molecule has 0 radical (unpaired) electrons. The number of rotatable bonds is 8. The number of nitrogens with zero attached hydrogens (tertiary/aromatic N) is 2. The maximum absolute atomic E-state index is 12.2. The molecule has 2 aliphatic rings. The maximum atomic E-state index is 12.2. The van der Waals surface area contributed by atoms with Gasteiger partial charge in [-0.1, -0.05) is 43.0 Å². The zero-order valence-electron chi connectivity index (χ0n) is 20.6. The molecule has 36 heavy (non-hydrogen) atoms. The number of benzene rings is 2. The molecule has 0 unspecified atom stereocenters. The zero-order valence-corrected chi connectivity index (χ0v) is 22.2. The maximum Gasteiger partial charge on any atom is 0.217 e. The van der Waals surface area contributed by atoms with Gasteiger partial charge in [-0.15, -0.1) is 0 Å². The Kier molecular flexibility index (Phi) is 6.74. The minimum Gasteiger partial charge on any atom is -0.347 e. The number of aryl methyl sites for hydroxylation is 1. The molecule has 2 aliphatic carbocycles. The third kappa shape index (κ3) is 5.10. The molecule has 8 nitrogen and oxygen atoms in total. The van der Waals surface area contributed by atoms with Crippen LogP contribution < -0.4 is 15.4 Å². The number of sulfonamides is 1. The molecule has 3 N–H and O–H groups in total. The molecule has 2 saturated carbocycles. The molecule has 3 aromatic rings. The number of aromatic nitrogens is 2. The quantitative estimate of drug-likeness (QED) is 0.387. The number of imidazole rings is 1. The van der Waals surface area contributed by atoms with Gasteiger partial charge in [0.25, 0.3) is 0 Å².